The summed E-state index contributed by atoms with van der Waals surface area (Å²) >= 11 is 0. The van der Waals surface area contributed by atoms with E-state index in [9.17, 15) is 0 Å². The predicted molar refractivity (Wildman–Crippen MR) is 68.3 cm³/mol. The zero-order valence-corrected chi connectivity index (χ0v) is 10.4. The fraction of sp³-hybridized carbons (Fsp3) is 0.500. The fourth-order valence-corrected chi connectivity index (χ4v) is 2.73. The van der Waals surface area contributed by atoms with Crippen molar-refractivity contribution in [2.75, 3.05) is 13.2 Å². The summed E-state index contributed by atoms with van der Waals surface area (Å²) in [5, 5.41) is 0. The smallest absolute Gasteiger partial charge is 0.106 e. The molecule has 0 unspecified atom stereocenters. The number of fused-ring (bicyclic) bond motifs is 1. The molecule has 0 saturated carbocycles. The maximum absolute atomic E-state index is 5.44. The molecule has 0 amide bonds. The van der Waals surface area contributed by atoms with E-state index in [1.165, 1.54) is 11.1 Å². The van der Waals surface area contributed by atoms with Gasteiger partial charge in [-0.2, -0.15) is 0 Å². The first-order valence-electron chi connectivity index (χ1n) is 6.28. The van der Waals surface area contributed by atoms with Crippen LogP contribution in [0, 0.1) is 13.8 Å². The monoisotopic (exact) mass is 230 g/mol. The normalized spacial score (nSPS) is 17.8. The Morgan fingerprint density at radius 1 is 1.24 bits per heavy atom. The highest BCUT2D eigenvalue weighted by Gasteiger charge is 2.19. The Bertz CT molecular complexity index is 538. The summed E-state index contributed by atoms with van der Waals surface area (Å²) in [6.07, 6.45) is 2.19. The first kappa shape index (κ1) is 10.8. The number of benzene rings is 1. The summed E-state index contributed by atoms with van der Waals surface area (Å²) in [6.45, 7) is 5.98. The molecule has 0 atom stereocenters. The van der Waals surface area contributed by atoms with Crippen LogP contribution in [0.3, 0.4) is 0 Å². The molecule has 3 rings (SSSR count). The second-order valence-electron chi connectivity index (χ2n) is 4.86. The van der Waals surface area contributed by atoms with E-state index in [4.69, 9.17) is 4.74 Å². The minimum absolute atomic E-state index is 0.551. The molecule has 0 N–H and O–H groups in total. The predicted octanol–water partition coefficient (Wildman–Crippen LogP) is 3.00. The largest absolute Gasteiger partial charge is 0.381 e. The van der Waals surface area contributed by atoms with Crippen LogP contribution in [0.15, 0.2) is 18.2 Å². The number of hydrogen-bond acceptors (Lipinski definition) is 2. The molecule has 2 heterocycles. The second-order valence-corrected chi connectivity index (χ2v) is 4.86. The second kappa shape index (κ2) is 4.15. The van der Waals surface area contributed by atoms with E-state index in [-0.39, 0.29) is 0 Å². The zero-order chi connectivity index (χ0) is 11.8. The molecule has 2 aromatic rings. The summed E-state index contributed by atoms with van der Waals surface area (Å²) < 4.78 is 7.83. The van der Waals surface area contributed by atoms with Crippen molar-refractivity contribution < 1.29 is 4.74 Å². The lowest BCUT2D eigenvalue weighted by atomic mass is 10.1. The van der Waals surface area contributed by atoms with Crippen LogP contribution < -0.4 is 0 Å². The molecule has 1 aliphatic heterocycles. The number of hydrogen-bond donors (Lipinski definition) is 0. The topological polar surface area (TPSA) is 27.1 Å². The molecule has 0 radical (unpaired) electrons. The Labute approximate surface area is 101 Å². The summed E-state index contributed by atoms with van der Waals surface area (Å²) in [5.74, 6) is 1.12. The molecular formula is C14H18N2O. The van der Waals surface area contributed by atoms with Gasteiger partial charge in [0, 0.05) is 19.3 Å². The molecule has 1 aliphatic rings. The number of aromatic nitrogens is 2. The van der Waals surface area contributed by atoms with E-state index in [1.54, 1.807) is 0 Å². The lowest BCUT2D eigenvalue weighted by Crippen LogP contribution is -2.20. The summed E-state index contributed by atoms with van der Waals surface area (Å²) in [6, 6.07) is 7.04. The summed E-state index contributed by atoms with van der Waals surface area (Å²) in [4.78, 5) is 4.65. The molecule has 17 heavy (non-hydrogen) atoms. The first-order valence-corrected chi connectivity index (χ1v) is 6.28. The molecular weight excluding hydrogens is 212 g/mol. The van der Waals surface area contributed by atoms with Crippen molar-refractivity contribution in [2.45, 2.75) is 32.7 Å². The maximum atomic E-state index is 5.44. The van der Waals surface area contributed by atoms with Crippen LogP contribution in [0.5, 0.6) is 0 Å². The van der Waals surface area contributed by atoms with Gasteiger partial charge in [-0.3, -0.25) is 0 Å². The van der Waals surface area contributed by atoms with Gasteiger partial charge in [-0.25, -0.2) is 4.98 Å². The van der Waals surface area contributed by atoms with Crippen molar-refractivity contribution >= 4 is 11.0 Å². The third kappa shape index (κ3) is 1.84. The van der Waals surface area contributed by atoms with Crippen LogP contribution >= 0.6 is 0 Å². The Morgan fingerprint density at radius 2 is 2.00 bits per heavy atom. The number of rotatable bonds is 1. The van der Waals surface area contributed by atoms with Crippen LogP contribution in [0.25, 0.3) is 11.0 Å². The first-order chi connectivity index (χ1) is 8.25. The highest BCUT2D eigenvalue weighted by molar-refractivity contribution is 5.77. The Balaban J connectivity index is 2.13. The van der Waals surface area contributed by atoms with Gasteiger partial charge in [0.2, 0.25) is 0 Å². The number of ether oxygens (including phenoxy) is 1. The summed E-state index contributed by atoms with van der Waals surface area (Å²) in [5.41, 5.74) is 3.68. The minimum Gasteiger partial charge on any atom is -0.381 e. The van der Waals surface area contributed by atoms with Crippen molar-refractivity contribution in [3.05, 3.63) is 29.6 Å². The van der Waals surface area contributed by atoms with Gasteiger partial charge in [-0.05, 0) is 44.4 Å². The highest BCUT2D eigenvalue weighted by Crippen LogP contribution is 2.28. The van der Waals surface area contributed by atoms with Crippen molar-refractivity contribution in [2.24, 2.45) is 0 Å². The lowest BCUT2D eigenvalue weighted by Gasteiger charge is -2.25. The molecule has 3 nitrogen and oxygen atoms in total. The van der Waals surface area contributed by atoms with Gasteiger partial charge in [0.25, 0.3) is 0 Å². The standard InChI is InChI=1S/C14H18N2O/c1-10-3-4-13-14(9-10)16(11(2)15-13)12-5-7-17-8-6-12/h3-4,9,12H,5-8H2,1-2H3. The van der Waals surface area contributed by atoms with Gasteiger partial charge in [-0.15, -0.1) is 0 Å². The third-order valence-corrected chi connectivity index (χ3v) is 3.58. The van der Waals surface area contributed by atoms with Crippen molar-refractivity contribution in [3.63, 3.8) is 0 Å². The molecule has 3 heteroatoms. The number of imidazole rings is 1. The van der Waals surface area contributed by atoms with Gasteiger partial charge in [0.15, 0.2) is 0 Å². The average molecular weight is 230 g/mol. The summed E-state index contributed by atoms with van der Waals surface area (Å²) in [7, 11) is 0. The molecule has 1 aromatic carbocycles. The zero-order valence-electron chi connectivity index (χ0n) is 10.4. The quantitative estimate of drug-likeness (QED) is 0.753. The molecule has 1 saturated heterocycles. The highest BCUT2D eigenvalue weighted by atomic mass is 16.5. The van der Waals surface area contributed by atoms with Gasteiger partial charge >= 0.3 is 0 Å². The van der Waals surface area contributed by atoms with Crippen LogP contribution in [0.1, 0.15) is 30.3 Å². The molecule has 0 aliphatic carbocycles. The van der Waals surface area contributed by atoms with E-state index in [0.29, 0.717) is 6.04 Å². The minimum atomic E-state index is 0.551. The van der Waals surface area contributed by atoms with Crippen molar-refractivity contribution in [1.82, 2.24) is 9.55 Å². The number of aryl methyl sites for hydroxylation is 2. The van der Waals surface area contributed by atoms with Crippen LogP contribution in [-0.2, 0) is 4.74 Å². The SMILES string of the molecule is Cc1ccc2nc(C)n(C3CCOCC3)c2c1. The third-order valence-electron chi connectivity index (χ3n) is 3.58. The molecule has 1 aromatic heterocycles. The van der Waals surface area contributed by atoms with Crippen LogP contribution in [-0.4, -0.2) is 22.8 Å². The maximum Gasteiger partial charge on any atom is 0.106 e. The average Bonchev–Trinajstić information content (AvgIpc) is 2.65. The molecule has 1 fully saturated rings. The Hall–Kier alpha value is -1.35. The van der Waals surface area contributed by atoms with E-state index >= 15 is 0 Å². The Morgan fingerprint density at radius 3 is 2.76 bits per heavy atom. The van der Waals surface area contributed by atoms with E-state index in [2.05, 4.69) is 41.6 Å². The molecule has 90 valence electrons. The van der Waals surface area contributed by atoms with Crippen LogP contribution in [0.4, 0.5) is 0 Å². The lowest BCUT2D eigenvalue weighted by molar-refractivity contribution is 0.0701. The van der Waals surface area contributed by atoms with E-state index in [1.807, 2.05) is 0 Å². The van der Waals surface area contributed by atoms with Crippen molar-refractivity contribution in [1.29, 1.82) is 0 Å². The van der Waals surface area contributed by atoms with Gasteiger partial charge in [0.1, 0.15) is 5.82 Å². The molecule has 0 bridgehead atoms. The van der Waals surface area contributed by atoms with Crippen molar-refractivity contribution in [3.8, 4) is 0 Å². The number of nitrogens with zero attached hydrogens (tertiary/aromatic N) is 2. The van der Waals surface area contributed by atoms with E-state index in [0.717, 1.165) is 37.4 Å². The fourth-order valence-electron chi connectivity index (χ4n) is 2.73. The van der Waals surface area contributed by atoms with Gasteiger partial charge < -0.3 is 9.30 Å². The molecule has 0 spiro atoms. The Kier molecular flexibility index (Phi) is 2.63. The van der Waals surface area contributed by atoms with Crippen LogP contribution in [0.2, 0.25) is 0 Å². The van der Waals surface area contributed by atoms with E-state index < -0.39 is 0 Å². The van der Waals surface area contributed by atoms with Gasteiger partial charge in [-0.1, -0.05) is 6.07 Å². The van der Waals surface area contributed by atoms with Gasteiger partial charge in [0.05, 0.1) is 11.0 Å².